The molecule has 0 radical (unpaired) electrons. The smallest absolute Gasteiger partial charge is 0.310 e. The summed E-state index contributed by atoms with van der Waals surface area (Å²) in [6.07, 6.45) is -0.705. The van der Waals surface area contributed by atoms with Gasteiger partial charge in [-0.1, -0.05) is 13.0 Å². The molecular formula is C12H17F3N2. The van der Waals surface area contributed by atoms with Crippen LogP contribution in [0.3, 0.4) is 0 Å². The van der Waals surface area contributed by atoms with Gasteiger partial charge in [0, 0.05) is 24.9 Å². The van der Waals surface area contributed by atoms with Crippen molar-refractivity contribution in [3.63, 3.8) is 0 Å². The van der Waals surface area contributed by atoms with Crippen LogP contribution in [0, 0.1) is 0 Å². The number of pyridine rings is 1. The summed E-state index contributed by atoms with van der Waals surface area (Å²) >= 11 is 0. The van der Waals surface area contributed by atoms with Crippen molar-refractivity contribution in [1.29, 1.82) is 0 Å². The number of hydrogen-bond donors (Lipinski definition) is 1. The van der Waals surface area contributed by atoms with Gasteiger partial charge in [0.2, 0.25) is 0 Å². The summed E-state index contributed by atoms with van der Waals surface area (Å²) in [5, 5.41) is 3.12. The molecule has 0 aromatic carbocycles. The van der Waals surface area contributed by atoms with E-state index in [4.69, 9.17) is 0 Å². The van der Waals surface area contributed by atoms with E-state index in [1.807, 2.05) is 6.92 Å². The summed E-state index contributed by atoms with van der Waals surface area (Å²) in [4.78, 5) is 3.94. The van der Waals surface area contributed by atoms with E-state index < -0.39 is 12.6 Å². The fourth-order valence-corrected chi connectivity index (χ4v) is 1.60. The maximum Gasteiger partial charge on any atom is 0.389 e. The third-order valence-corrected chi connectivity index (χ3v) is 2.44. The van der Waals surface area contributed by atoms with E-state index in [-0.39, 0.29) is 12.5 Å². The quantitative estimate of drug-likeness (QED) is 0.831. The van der Waals surface area contributed by atoms with Crippen LogP contribution < -0.4 is 5.32 Å². The van der Waals surface area contributed by atoms with Crippen LogP contribution in [0.15, 0.2) is 24.5 Å². The molecule has 0 aliphatic carbocycles. The molecule has 1 unspecified atom stereocenters. The summed E-state index contributed by atoms with van der Waals surface area (Å²) in [5.41, 5.74) is 0.810. The van der Waals surface area contributed by atoms with Crippen molar-refractivity contribution in [2.75, 3.05) is 6.54 Å². The Kier molecular flexibility index (Phi) is 5.41. The van der Waals surface area contributed by atoms with Gasteiger partial charge in [0.1, 0.15) is 0 Å². The van der Waals surface area contributed by atoms with Gasteiger partial charge in [-0.25, -0.2) is 0 Å². The van der Waals surface area contributed by atoms with E-state index in [9.17, 15) is 13.2 Å². The molecule has 0 spiro atoms. The highest BCUT2D eigenvalue weighted by molar-refractivity contribution is 5.13. The molecule has 1 N–H and O–H groups in total. The molecule has 0 saturated carbocycles. The zero-order chi connectivity index (χ0) is 12.7. The Hall–Kier alpha value is -1.10. The van der Waals surface area contributed by atoms with Gasteiger partial charge in [-0.15, -0.1) is 0 Å². The average molecular weight is 246 g/mol. The predicted octanol–water partition coefficient (Wildman–Crippen LogP) is 3.46. The molecule has 0 aliphatic rings. The van der Waals surface area contributed by atoms with Gasteiger partial charge >= 0.3 is 6.18 Å². The van der Waals surface area contributed by atoms with Crippen molar-refractivity contribution in [1.82, 2.24) is 10.3 Å². The summed E-state index contributed by atoms with van der Waals surface area (Å²) in [6.45, 7) is 2.69. The first kappa shape index (κ1) is 14.0. The minimum Gasteiger partial charge on any atom is -0.310 e. The topological polar surface area (TPSA) is 24.9 Å². The Morgan fingerprint density at radius 2 is 2.18 bits per heavy atom. The van der Waals surface area contributed by atoms with E-state index in [2.05, 4.69) is 10.3 Å². The molecule has 0 amide bonds. The maximum atomic E-state index is 12.2. The first-order chi connectivity index (χ1) is 8.03. The van der Waals surface area contributed by atoms with Crippen molar-refractivity contribution in [3.8, 4) is 0 Å². The summed E-state index contributed by atoms with van der Waals surface area (Å²) in [6, 6.07) is 3.27. The predicted molar refractivity (Wildman–Crippen MR) is 60.6 cm³/mol. The molecule has 0 fully saturated rings. The van der Waals surface area contributed by atoms with Crippen LogP contribution >= 0.6 is 0 Å². The Morgan fingerprint density at radius 3 is 2.71 bits per heavy atom. The number of nitrogens with one attached hydrogen (secondary N) is 1. The van der Waals surface area contributed by atoms with Crippen LogP contribution in [0.2, 0.25) is 0 Å². The zero-order valence-electron chi connectivity index (χ0n) is 9.80. The summed E-state index contributed by atoms with van der Waals surface area (Å²) in [7, 11) is 0. The van der Waals surface area contributed by atoms with Crippen molar-refractivity contribution in [3.05, 3.63) is 30.1 Å². The first-order valence-electron chi connectivity index (χ1n) is 5.73. The van der Waals surface area contributed by atoms with Crippen molar-refractivity contribution in [2.24, 2.45) is 0 Å². The van der Waals surface area contributed by atoms with Gasteiger partial charge in [-0.2, -0.15) is 13.2 Å². The largest absolute Gasteiger partial charge is 0.389 e. The Labute approximate surface area is 99.3 Å². The minimum absolute atomic E-state index is 0.0508. The van der Waals surface area contributed by atoms with E-state index in [0.717, 1.165) is 12.0 Å². The maximum absolute atomic E-state index is 12.2. The molecule has 2 nitrogen and oxygen atoms in total. The Bertz CT molecular complexity index is 311. The SMILES string of the molecule is CCCNC(CCC(F)(F)F)c1cccnc1. The number of nitrogens with zero attached hydrogens (tertiary/aromatic N) is 1. The van der Waals surface area contributed by atoms with E-state index in [1.54, 1.807) is 24.5 Å². The second-order valence-corrected chi connectivity index (χ2v) is 3.95. The van der Waals surface area contributed by atoms with Gasteiger partial charge in [0.15, 0.2) is 0 Å². The number of hydrogen-bond acceptors (Lipinski definition) is 2. The number of rotatable bonds is 6. The van der Waals surface area contributed by atoms with Gasteiger partial charge in [0.25, 0.3) is 0 Å². The molecule has 5 heteroatoms. The molecule has 0 saturated heterocycles. The molecule has 1 atom stereocenters. The number of halogens is 3. The monoisotopic (exact) mass is 246 g/mol. The fraction of sp³-hybridized carbons (Fsp3) is 0.583. The molecule has 1 aromatic rings. The lowest BCUT2D eigenvalue weighted by Crippen LogP contribution is -2.24. The molecule has 0 bridgehead atoms. The van der Waals surface area contributed by atoms with Gasteiger partial charge in [0.05, 0.1) is 0 Å². The Morgan fingerprint density at radius 1 is 1.41 bits per heavy atom. The highest BCUT2D eigenvalue weighted by atomic mass is 19.4. The van der Waals surface area contributed by atoms with Crippen molar-refractivity contribution >= 4 is 0 Å². The standard InChI is InChI=1S/C12H17F3N2/c1-2-7-17-11(5-6-12(13,14)15)10-4-3-8-16-9-10/h3-4,8-9,11,17H,2,5-7H2,1H3. The van der Waals surface area contributed by atoms with E-state index in [1.165, 1.54) is 0 Å². The van der Waals surface area contributed by atoms with Gasteiger partial charge in [-0.05, 0) is 31.0 Å². The highest BCUT2D eigenvalue weighted by Crippen LogP contribution is 2.27. The normalized spacial score (nSPS) is 13.6. The van der Waals surface area contributed by atoms with Crippen LogP contribution in [0.5, 0.6) is 0 Å². The van der Waals surface area contributed by atoms with Crippen LogP contribution in [-0.4, -0.2) is 17.7 Å². The number of alkyl halides is 3. The van der Waals surface area contributed by atoms with Gasteiger partial charge < -0.3 is 5.32 Å². The van der Waals surface area contributed by atoms with Crippen LogP contribution in [0.25, 0.3) is 0 Å². The van der Waals surface area contributed by atoms with Crippen LogP contribution in [0.1, 0.15) is 37.8 Å². The first-order valence-corrected chi connectivity index (χ1v) is 5.73. The average Bonchev–Trinajstić information content (AvgIpc) is 2.29. The molecule has 1 aromatic heterocycles. The lowest BCUT2D eigenvalue weighted by Gasteiger charge is -2.19. The second kappa shape index (κ2) is 6.59. The lowest BCUT2D eigenvalue weighted by atomic mass is 10.0. The highest BCUT2D eigenvalue weighted by Gasteiger charge is 2.28. The van der Waals surface area contributed by atoms with Crippen molar-refractivity contribution in [2.45, 2.75) is 38.4 Å². The fourth-order valence-electron chi connectivity index (χ4n) is 1.60. The molecule has 1 heterocycles. The zero-order valence-corrected chi connectivity index (χ0v) is 9.80. The van der Waals surface area contributed by atoms with Crippen LogP contribution in [-0.2, 0) is 0 Å². The van der Waals surface area contributed by atoms with Gasteiger partial charge in [-0.3, -0.25) is 4.98 Å². The molecular weight excluding hydrogens is 229 g/mol. The summed E-state index contributed by atoms with van der Waals surface area (Å²) < 4.78 is 36.6. The van der Waals surface area contributed by atoms with E-state index >= 15 is 0 Å². The summed E-state index contributed by atoms with van der Waals surface area (Å²) in [5.74, 6) is 0. The van der Waals surface area contributed by atoms with E-state index in [0.29, 0.717) is 6.54 Å². The lowest BCUT2D eigenvalue weighted by molar-refractivity contribution is -0.136. The molecule has 96 valence electrons. The van der Waals surface area contributed by atoms with Crippen molar-refractivity contribution < 1.29 is 13.2 Å². The second-order valence-electron chi connectivity index (χ2n) is 3.95. The molecule has 17 heavy (non-hydrogen) atoms. The van der Waals surface area contributed by atoms with Crippen LogP contribution in [0.4, 0.5) is 13.2 Å². The Balaban J connectivity index is 2.61. The molecule has 0 aliphatic heterocycles. The number of aromatic nitrogens is 1. The molecule has 1 rings (SSSR count). The minimum atomic E-state index is -4.10. The third-order valence-electron chi connectivity index (χ3n) is 2.44. The third kappa shape index (κ3) is 5.68.